The summed E-state index contributed by atoms with van der Waals surface area (Å²) in [6, 6.07) is 1.96. The Balaban J connectivity index is 3.20. The summed E-state index contributed by atoms with van der Waals surface area (Å²) >= 11 is 0. The molecule has 0 heterocycles. The highest BCUT2D eigenvalue weighted by Crippen LogP contribution is 1.80. The zero-order valence-electron chi connectivity index (χ0n) is 7.99. The van der Waals surface area contributed by atoms with Crippen LogP contribution in [0.2, 0.25) is 0 Å². The molecule has 0 saturated carbocycles. The summed E-state index contributed by atoms with van der Waals surface area (Å²) in [6.07, 6.45) is 1.67. The van der Waals surface area contributed by atoms with E-state index in [-0.39, 0.29) is 19.1 Å². The third-order valence-corrected chi connectivity index (χ3v) is 1.27. The molecule has 0 aliphatic rings. The Morgan fingerprint density at radius 3 is 3.00 bits per heavy atom. The Morgan fingerprint density at radius 1 is 1.57 bits per heavy atom. The average molecular weight is 198 g/mol. The van der Waals surface area contributed by atoms with Crippen LogP contribution in [-0.2, 0) is 14.3 Å². The molecule has 0 aromatic heterocycles. The topological polar surface area (TPSA) is 71.3 Å². The number of hydrogen-bond acceptors (Lipinski definition) is 5. The van der Waals surface area contributed by atoms with E-state index in [1.165, 1.54) is 6.26 Å². The van der Waals surface area contributed by atoms with E-state index in [2.05, 4.69) is 11.9 Å². The lowest BCUT2D eigenvalue weighted by atomic mass is 10.4. The fraction of sp³-hybridized carbons (Fsp3) is 0.556. The predicted molar refractivity (Wildman–Crippen MR) is 50.2 cm³/mol. The maximum absolute atomic E-state index is 10.9. The molecule has 0 saturated heterocycles. The van der Waals surface area contributed by atoms with Gasteiger partial charge in [0.25, 0.3) is 0 Å². The lowest BCUT2D eigenvalue weighted by molar-refractivity contribution is -0.143. The van der Waals surface area contributed by atoms with E-state index in [0.29, 0.717) is 19.6 Å². The Morgan fingerprint density at radius 2 is 2.36 bits per heavy atom. The molecule has 0 bridgehead atoms. The van der Waals surface area contributed by atoms with Gasteiger partial charge in [0.1, 0.15) is 13.2 Å². The molecule has 0 amide bonds. The van der Waals surface area contributed by atoms with Gasteiger partial charge in [0.2, 0.25) is 0 Å². The number of nitriles is 1. The van der Waals surface area contributed by atoms with E-state index in [0.717, 1.165) is 0 Å². The van der Waals surface area contributed by atoms with Crippen molar-refractivity contribution in [3.63, 3.8) is 0 Å². The van der Waals surface area contributed by atoms with Crippen molar-refractivity contribution in [3.8, 4) is 6.07 Å². The zero-order chi connectivity index (χ0) is 10.6. The molecule has 0 rings (SSSR count). The highest BCUT2D eigenvalue weighted by molar-refractivity contribution is 5.71. The maximum Gasteiger partial charge on any atom is 0.320 e. The number of carbonyl (C=O) groups is 1. The molecule has 5 nitrogen and oxygen atoms in total. The summed E-state index contributed by atoms with van der Waals surface area (Å²) in [7, 11) is 0. The van der Waals surface area contributed by atoms with Crippen molar-refractivity contribution < 1.29 is 14.3 Å². The van der Waals surface area contributed by atoms with Gasteiger partial charge in [0.05, 0.1) is 18.9 Å². The van der Waals surface area contributed by atoms with Crippen molar-refractivity contribution in [2.75, 3.05) is 26.3 Å². The predicted octanol–water partition coefficient (Wildman–Crippen LogP) is 0.193. The normalized spacial score (nSPS) is 8.79. The van der Waals surface area contributed by atoms with E-state index in [1.54, 1.807) is 0 Å². The summed E-state index contributed by atoms with van der Waals surface area (Å²) < 4.78 is 9.52. The van der Waals surface area contributed by atoms with Crippen LogP contribution in [0.25, 0.3) is 0 Å². The van der Waals surface area contributed by atoms with Crippen molar-refractivity contribution in [2.24, 2.45) is 0 Å². The summed E-state index contributed by atoms with van der Waals surface area (Å²) in [5, 5.41) is 11.0. The van der Waals surface area contributed by atoms with E-state index in [1.807, 2.05) is 6.07 Å². The molecule has 0 aliphatic carbocycles. The smallest absolute Gasteiger partial charge is 0.320 e. The molecule has 78 valence electrons. The van der Waals surface area contributed by atoms with Gasteiger partial charge in [-0.3, -0.25) is 4.79 Å². The molecular weight excluding hydrogens is 184 g/mol. The summed E-state index contributed by atoms with van der Waals surface area (Å²) in [6.45, 7) is 4.48. The Hall–Kier alpha value is -1.54. The SMILES string of the molecule is C=COCCOC(=O)CNCCC#N. The summed E-state index contributed by atoms with van der Waals surface area (Å²) in [5.74, 6) is -0.351. The number of esters is 1. The highest BCUT2D eigenvalue weighted by atomic mass is 16.6. The van der Waals surface area contributed by atoms with Crippen LogP contribution in [0.3, 0.4) is 0 Å². The van der Waals surface area contributed by atoms with E-state index in [9.17, 15) is 4.79 Å². The minimum Gasteiger partial charge on any atom is -0.498 e. The van der Waals surface area contributed by atoms with Crippen molar-refractivity contribution >= 4 is 5.97 Å². The second-order valence-electron chi connectivity index (χ2n) is 2.34. The van der Waals surface area contributed by atoms with Crippen LogP contribution < -0.4 is 5.32 Å². The van der Waals surface area contributed by atoms with Gasteiger partial charge in [-0.15, -0.1) is 0 Å². The minimum atomic E-state index is -0.351. The van der Waals surface area contributed by atoms with Crippen molar-refractivity contribution in [1.82, 2.24) is 5.32 Å². The van der Waals surface area contributed by atoms with Gasteiger partial charge in [0.15, 0.2) is 0 Å². The Kier molecular flexibility index (Phi) is 8.50. The molecule has 0 atom stereocenters. The van der Waals surface area contributed by atoms with Crippen LogP contribution in [0.5, 0.6) is 0 Å². The summed E-state index contributed by atoms with van der Waals surface area (Å²) in [4.78, 5) is 10.9. The standard InChI is InChI=1S/C9H14N2O3/c1-2-13-6-7-14-9(12)8-11-5-3-4-10/h2,11H,1,3,5-8H2. The Bertz CT molecular complexity index is 211. The number of rotatable bonds is 8. The van der Waals surface area contributed by atoms with Crippen molar-refractivity contribution in [2.45, 2.75) is 6.42 Å². The molecular formula is C9H14N2O3. The largest absolute Gasteiger partial charge is 0.498 e. The molecule has 0 radical (unpaired) electrons. The fourth-order valence-corrected chi connectivity index (χ4v) is 0.673. The summed E-state index contributed by atoms with van der Waals surface area (Å²) in [5.41, 5.74) is 0. The van der Waals surface area contributed by atoms with Crippen LogP contribution in [0.15, 0.2) is 12.8 Å². The van der Waals surface area contributed by atoms with Crippen LogP contribution in [0.1, 0.15) is 6.42 Å². The van der Waals surface area contributed by atoms with Crippen LogP contribution in [0, 0.1) is 11.3 Å². The zero-order valence-corrected chi connectivity index (χ0v) is 7.99. The molecule has 0 aromatic carbocycles. The highest BCUT2D eigenvalue weighted by Gasteiger charge is 2.00. The molecule has 0 aromatic rings. The van der Waals surface area contributed by atoms with Crippen molar-refractivity contribution in [3.05, 3.63) is 12.8 Å². The second kappa shape index (κ2) is 9.55. The van der Waals surface area contributed by atoms with Gasteiger partial charge in [-0.1, -0.05) is 6.58 Å². The van der Waals surface area contributed by atoms with Gasteiger partial charge in [-0.25, -0.2) is 0 Å². The Labute approximate surface area is 83.3 Å². The first kappa shape index (κ1) is 12.5. The van der Waals surface area contributed by atoms with Crippen LogP contribution in [-0.4, -0.2) is 32.3 Å². The fourth-order valence-electron chi connectivity index (χ4n) is 0.673. The number of carbonyl (C=O) groups excluding carboxylic acids is 1. The molecule has 5 heteroatoms. The van der Waals surface area contributed by atoms with Crippen molar-refractivity contribution in [1.29, 1.82) is 5.26 Å². The molecule has 1 N–H and O–H groups in total. The number of hydrogen-bond donors (Lipinski definition) is 1. The van der Waals surface area contributed by atoms with Gasteiger partial charge < -0.3 is 14.8 Å². The third-order valence-electron chi connectivity index (χ3n) is 1.27. The minimum absolute atomic E-state index is 0.121. The quantitative estimate of drug-likeness (QED) is 0.342. The lowest BCUT2D eigenvalue weighted by Crippen LogP contribution is -2.26. The van der Waals surface area contributed by atoms with Gasteiger partial charge in [-0.2, -0.15) is 5.26 Å². The van der Waals surface area contributed by atoms with E-state index in [4.69, 9.17) is 14.7 Å². The monoisotopic (exact) mass is 198 g/mol. The molecule has 0 unspecified atom stereocenters. The number of nitrogens with zero attached hydrogens (tertiary/aromatic N) is 1. The molecule has 0 spiro atoms. The van der Waals surface area contributed by atoms with Gasteiger partial charge in [0, 0.05) is 13.0 Å². The van der Waals surface area contributed by atoms with Gasteiger partial charge >= 0.3 is 5.97 Å². The molecule has 14 heavy (non-hydrogen) atoms. The third kappa shape index (κ3) is 8.56. The first-order valence-corrected chi connectivity index (χ1v) is 4.27. The lowest BCUT2D eigenvalue weighted by Gasteiger charge is -2.04. The first-order chi connectivity index (χ1) is 6.81. The van der Waals surface area contributed by atoms with E-state index < -0.39 is 0 Å². The number of ether oxygens (including phenoxy) is 2. The average Bonchev–Trinajstić information content (AvgIpc) is 2.19. The second-order valence-corrected chi connectivity index (χ2v) is 2.34. The maximum atomic E-state index is 10.9. The van der Waals surface area contributed by atoms with Crippen LogP contribution in [0.4, 0.5) is 0 Å². The first-order valence-electron chi connectivity index (χ1n) is 4.27. The number of nitrogens with one attached hydrogen (secondary N) is 1. The van der Waals surface area contributed by atoms with Gasteiger partial charge in [-0.05, 0) is 0 Å². The molecule has 0 fully saturated rings. The van der Waals surface area contributed by atoms with E-state index >= 15 is 0 Å². The molecule has 0 aliphatic heterocycles. The van der Waals surface area contributed by atoms with Crippen LogP contribution >= 0.6 is 0 Å².